The summed E-state index contributed by atoms with van der Waals surface area (Å²) in [6.07, 6.45) is 0.830. The van der Waals surface area contributed by atoms with Gasteiger partial charge in [0.05, 0.1) is 0 Å². The number of benzene rings is 2. The molecule has 0 bridgehead atoms. The van der Waals surface area contributed by atoms with E-state index in [1.165, 1.54) is 29.1 Å². The van der Waals surface area contributed by atoms with Gasteiger partial charge in [-0.05, 0) is 0 Å². The predicted molar refractivity (Wildman–Crippen MR) is 133 cm³/mol. The minimum atomic E-state index is -0.826. The van der Waals surface area contributed by atoms with Crippen LogP contribution in [0.4, 0.5) is 0 Å². The molecule has 0 saturated heterocycles. The fraction of sp³-hybridized carbons (Fsp3) is 0.167. The zero-order valence-electron chi connectivity index (χ0n) is 18.1. The van der Waals surface area contributed by atoms with Crippen molar-refractivity contribution < 1.29 is 30.4 Å². The molecule has 165 valence electrons. The maximum Gasteiger partial charge on any atom is -0.0809 e. The Morgan fingerprint density at radius 1 is 0.781 bits per heavy atom. The molecule has 0 unspecified atom stereocenters. The largest absolute Gasteiger partial charge is 0.168 e. The fourth-order valence-electron chi connectivity index (χ4n) is 2.54. The molecule has 2 N–H and O–H groups in total. The van der Waals surface area contributed by atoms with E-state index >= 15 is 0 Å². The second kappa shape index (κ2) is 17.7. The SMILES string of the molecule is CCC(=O)N[B]NC(=O)CC.[Cl][Zr+2][Cl].c1ccc2[cH-]ccc2c1.c1ccc2[cH-]ccc2c1. The van der Waals surface area contributed by atoms with Gasteiger partial charge in [0.25, 0.3) is 0 Å². The first-order valence-corrected chi connectivity index (χ1v) is 16.5. The van der Waals surface area contributed by atoms with Gasteiger partial charge in [-0.15, -0.1) is 59.3 Å². The molecule has 2 amide bonds. The van der Waals surface area contributed by atoms with Crippen LogP contribution in [0.25, 0.3) is 21.5 Å². The third-order valence-electron chi connectivity index (χ3n) is 4.20. The van der Waals surface area contributed by atoms with E-state index in [0.29, 0.717) is 12.8 Å². The van der Waals surface area contributed by atoms with Crippen molar-refractivity contribution in [1.29, 1.82) is 0 Å². The second-order valence-electron chi connectivity index (χ2n) is 6.37. The van der Waals surface area contributed by atoms with E-state index in [0.717, 1.165) is 0 Å². The number of nitrogens with one attached hydrogen (secondary N) is 2. The van der Waals surface area contributed by atoms with Crippen molar-refractivity contribution in [3.63, 3.8) is 0 Å². The molecule has 0 atom stereocenters. The van der Waals surface area contributed by atoms with E-state index in [9.17, 15) is 9.59 Å². The molecule has 32 heavy (non-hydrogen) atoms. The molecule has 4 aromatic carbocycles. The standard InChI is InChI=1S/2C9H7.C6H12BN2O2.2ClH.Zr/c2*1-2-5-9-7-3-6-8(9)4-1;1-3-5(10)8-7-9-6(11)4-2;;;/h2*1-7H;3-4H2,1-2H3,(H,8,10)(H,9,11);2*1H;/q2*-1;;;;+4/p-2. The van der Waals surface area contributed by atoms with Crippen LogP contribution in [0.5, 0.6) is 0 Å². The summed E-state index contributed by atoms with van der Waals surface area (Å²) in [5.74, 6) is -0.220. The smallest absolute Gasteiger partial charge is 0.0809 e. The summed E-state index contributed by atoms with van der Waals surface area (Å²) in [5.41, 5.74) is 0. The molecule has 0 aliphatic rings. The van der Waals surface area contributed by atoms with Crippen molar-refractivity contribution in [2.45, 2.75) is 26.7 Å². The van der Waals surface area contributed by atoms with E-state index in [4.69, 9.17) is 17.0 Å². The van der Waals surface area contributed by atoms with Gasteiger partial charge in [-0.2, -0.15) is 35.0 Å². The molecule has 0 aromatic heterocycles. The van der Waals surface area contributed by atoms with Gasteiger partial charge in [-0.3, -0.25) is 9.59 Å². The third-order valence-corrected chi connectivity index (χ3v) is 4.20. The third kappa shape index (κ3) is 11.7. The van der Waals surface area contributed by atoms with E-state index in [1.807, 2.05) is 0 Å². The Balaban J connectivity index is 0.000000226. The molecule has 4 aromatic rings. The summed E-state index contributed by atoms with van der Waals surface area (Å²) in [6.45, 7) is 3.48. The van der Waals surface area contributed by atoms with Crippen LogP contribution in [-0.4, -0.2) is 19.4 Å². The molecule has 0 aliphatic carbocycles. The van der Waals surface area contributed by atoms with Crippen molar-refractivity contribution in [2.75, 3.05) is 0 Å². The molecule has 0 saturated carbocycles. The number of amides is 2. The summed E-state index contributed by atoms with van der Waals surface area (Å²) < 4.78 is 0. The molecule has 0 fully saturated rings. The van der Waals surface area contributed by atoms with E-state index in [-0.39, 0.29) is 11.8 Å². The van der Waals surface area contributed by atoms with Gasteiger partial charge in [-0.25, -0.2) is 0 Å². The topological polar surface area (TPSA) is 58.2 Å². The van der Waals surface area contributed by atoms with E-state index in [2.05, 4.69) is 95.4 Å². The Bertz CT molecular complexity index is 910. The fourth-order valence-corrected chi connectivity index (χ4v) is 2.54. The molecule has 8 heteroatoms. The molecule has 4 rings (SSSR count). The van der Waals surface area contributed by atoms with Crippen molar-refractivity contribution >= 4 is 57.9 Å². The minimum absolute atomic E-state index is 0.110. The van der Waals surface area contributed by atoms with Crippen LogP contribution in [0.1, 0.15) is 26.7 Å². The number of carbonyl (C=O) groups is 2. The van der Waals surface area contributed by atoms with Gasteiger partial charge < -0.3 is 10.5 Å². The number of halogens is 2. The van der Waals surface area contributed by atoms with Crippen molar-refractivity contribution in [3.05, 3.63) is 84.9 Å². The second-order valence-corrected chi connectivity index (χ2v) is 10.1. The Morgan fingerprint density at radius 3 is 1.50 bits per heavy atom. The minimum Gasteiger partial charge on any atom is -0.168 e. The van der Waals surface area contributed by atoms with Crippen LogP contribution in [0.15, 0.2) is 84.9 Å². The number of hydrogen-bond acceptors (Lipinski definition) is 2. The molecule has 0 heterocycles. The van der Waals surface area contributed by atoms with Crippen molar-refractivity contribution in [3.8, 4) is 0 Å². The molecule has 4 nitrogen and oxygen atoms in total. The summed E-state index contributed by atoms with van der Waals surface area (Å²) in [6, 6.07) is 29.3. The van der Waals surface area contributed by atoms with Crippen LogP contribution in [0, 0.1) is 0 Å². The van der Waals surface area contributed by atoms with E-state index in [1.54, 1.807) is 13.8 Å². The van der Waals surface area contributed by atoms with E-state index < -0.39 is 20.8 Å². The van der Waals surface area contributed by atoms with Crippen LogP contribution in [0.3, 0.4) is 0 Å². The van der Waals surface area contributed by atoms with Crippen LogP contribution < -0.4 is 10.5 Å². The van der Waals surface area contributed by atoms with Gasteiger partial charge in [0.15, 0.2) is 0 Å². The Kier molecular flexibility index (Phi) is 15.5. The van der Waals surface area contributed by atoms with Gasteiger partial charge in [0.2, 0.25) is 11.8 Å². The number of rotatable bonds is 4. The maximum atomic E-state index is 10.6. The molecular weight excluding hydrogens is 521 g/mol. The van der Waals surface area contributed by atoms with Gasteiger partial charge in [0, 0.05) is 12.8 Å². The summed E-state index contributed by atoms with van der Waals surface area (Å²) in [7, 11) is 11.1. The summed E-state index contributed by atoms with van der Waals surface area (Å²) >= 11 is -0.826. The van der Waals surface area contributed by atoms with Crippen molar-refractivity contribution in [2.24, 2.45) is 0 Å². The monoisotopic (exact) mass is 545 g/mol. The average molecular weight is 547 g/mol. The van der Waals surface area contributed by atoms with Gasteiger partial charge >= 0.3 is 45.4 Å². The van der Waals surface area contributed by atoms with Gasteiger partial charge in [0.1, 0.15) is 0 Å². The summed E-state index contributed by atoms with van der Waals surface area (Å²) in [4.78, 5) is 21.2. The summed E-state index contributed by atoms with van der Waals surface area (Å²) in [5, 5.41) is 10.1. The molecule has 0 aliphatic heterocycles. The molecule has 0 spiro atoms. The average Bonchev–Trinajstić information content (AvgIpc) is 3.49. The molecular formula is C24H26BCl2N2O2Zr. The Labute approximate surface area is 209 Å². The quantitative estimate of drug-likeness (QED) is 0.241. The first-order valence-electron chi connectivity index (χ1n) is 10.1. The zero-order chi connectivity index (χ0) is 23.6. The zero-order valence-corrected chi connectivity index (χ0v) is 22.1. The van der Waals surface area contributed by atoms with Gasteiger partial charge in [-0.1, -0.05) is 26.0 Å². The molecule has 1 radical (unpaired) electrons. The number of carbonyl (C=O) groups excluding carboxylic acids is 2. The Hall–Kier alpha value is -1.87. The first kappa shape index (κ1) is 28.2. The number of fused-ring (bicyclic) bond motifs is 2. The normalized spacial score (nSPS) is 9.00. The van der Waals surface area contributed by atoms with Crippen LogP contribution in [0.2, 0.25) is 0 Å². The predicted octanol–water partition coefficient (Wildman–Crippen LogP) is 6.07. The van der Waals surface area contributed by atoms with Crippen LogP contribution in [-0.2, 0) is 30.4 Å². The van der Waals surface area contributed by atoms with Crippen LogP contribution >= 0.6 is 17.0 Å². The number of hydrogen-bond donors (Lipinski definition) is 2. The first-order chi connectivity index (χ1) is 15.5. The van der Waals surface area contributed by atoms with Crippen molar-refractivity contribution in [1.82, 2.24) is 10.5 Å². The maximum absolute atomic E-state index is 10.6. The Morgan fingerprint density at radius 2 is 1.16 bits per heavy atom.